The molecule has 0 aliphatic heterocycles. The van der Waals surface area contributed by atoms with Crippen LogP contribution in [-0.2, 0) is 4.79 Å². The Kier molecular flexibility index (Phi) is 6.17. The molecule has 5 rings (SSSR count). The van der Waals surface area contributed by atoms with E-state index in [-0.39, 0.29) is 11.5 Å². The summed E-state index contributed by atoms with van der Waals surface area (Å²) in [6.07, 6.45) is 6.72. The third-order valence-electron chi connectivity index (χ3n) is 6.62. The van der Waals surface area contributed by atoms with Gasteiger partial charge in [0, 0.05) is 11.6 Å². The van der Waals surface area contributed by atoms with E-state index in [1.807, 2.05) is 12.1 Å². The lowest BCUT2D eigenvalue weighted by Gasteiger charge is -2.32. The summed E-state index contributed by atoms with van der Waals surface area (Å²) in [6.45, 7) is 0. The number of carboxylic acid groups (broad SMARTS) is 1. The van der Waals surface area contributed by atoms with Crippen molar-refractivity contribution in [2.75, 3.05) is 0 Å². The molecule has 1 aromatic heterocycles. The zero-order chi connectivity index (χ0) is 25.2. The molecule has 5 nitrogen and oxygen atoms in total. The predicted molar refractivity (Wildman–Crippen MR) is 134 cm³/mol. The molecular formula is C29H21F2N3O2. The molecule has 2 N–H and O–H groups in total. The van der Waals surface area contributed by atoms with Gasteiger partial charge < -0.3 is 5.11 Å². The smallest absolute Gasteiger partial charge is 0.328 e. The number of fused-ring (bicyclic) bond motifs is 1. The van der Waals surface area contributed by atoms with Gasteiger partial charge in [0.05, 0.1) is 28.7 Å². The fourth-order valence-corrected chi connectivity index (χ4v) is 4.66. The number of nitrogens with zero attached hydrogens (tertiary/aromatic N) is 2. The first kappa shape index (κ1) is 23.2. The van der Waals surface area contributed by atoms with E-state index in [2.05, 4.69) is 16.3 Å². The zero-order valence-electron chi connectivity index (χ0n) is 19.1. The number of hydrogen-bond acceptors (Lipinski definition) is 3. The molecule has 0 radical (unpaired) electrons. The maximum absolute atomic E-state index is 15.9. The Morgan fingerprint density at radius 2 is 1.83 bits per heavy atom. The highest BCUT2D eigenvalue weighted by Crippen LogP contribution is 2.46. The van der Waals surface area contributed by atoms with Crippen LogP contribution in [0, 0.1) is 28.9 Å². The second kappa shape index (κ2) is 9.59. The van der Waals surface area contributed by atoms with Gasteiger partial charge >= 0.3 is 5.97 Å². The normalized spacial score (nSPS) is 14.5. The van der Waals surface area contributed by atoms with Gasteiger partial charge in [0.1, 0.15) is 11.6 Å². The number of rotatable bonds is 6. The van der Waals surface area contributed by atoms with Crippen molar-refractivity contribution in [1.29, 1.82) is 5.26 Å². The van der Waals surface area contributed by atoms with Crippen LogP contribution < -0.4 is 0 Å². The Balaban J connectivity index is 1.81. The molecule has 3 aromatic carbocycles. The van der Waals surface area contributed by atoms with E-state index in [9.17, 15) is 14.4 Å². The Morgan fingerprint density at radius 3 is 2.50 bits per heavy atom. The van der Waals surface area contributed by atoms with Crippen LogP contribution in [0.2, 0.25) is 0 Å². The zero-order valence-corrected chi connectivity index (χ0v) is 19.1. The highest BCUT2D eigenvalue weighted by atomic mass is 19.1. The molecule has 7 heteroatoms. The summed E-state index contributed by atoms with van der Waals surface area (Å²) in [6, 6.07) is 16.8. The Hall–Kier alpha value is -4.57. The third-order valence-corrected chi connectivity index (χ3v) is 6.62. The van der Waals surface area contributed by atoms with E-state index < -0.39 is 17.6 Å². The maximum atomic E-state index is 15.9. The first-order valence-corrected chi connectivity index (χ1v) is 11.5. The summed E-state index contributed by atoms with van der Waals surface area (Å²) in [7, 11) is 0. The van der Waals surface area contributed by atoms with Gasteiger partial charge in [-0.3, -0.25) is 5.10 Å². The van der Waals surface area contributed by atoms with Crippen LogP contribution in [0.15, 0.2) is 66.9 Å². The fourth-order valence-electron chi connectivity index (χ4n) is 4.66. The first-order chi connectivity index (χ1) is 17.5. The first-order valence-electron chi connectivity index (χ1n) is 11.5. The minimum absolute atomic E-state index is 0.0728. The van der Waals surface area contributed by atoms with E-state index in [1.54, 1.807) is 30.3 Å². The molecule has 1 aliphatic rings. The highest BCUT2D eigenvalue weighted by Gasteiger charge is 2.30. The molecule has 1 heterocycles. The number of allylic oxidation sites excluding steroid dienone is 1. The minimum Gasteiger partial charge on any atom is -0.478 e. The van der Waals surface area contributed by atoms with E-state index in [1.165, 1.54) is 24.4 Å². The lowest BCUT2D eigenvalue weighted by molar-refractivity contribution is -0.131. The molecule has 0 amide bonds. The maximum Gasteiger partial charge on any atom is 0.328 e. The Morgan fingerprint density at radius 1 is 1.08 bits per heavy atom. The van der Waals surface area contributed by atoms with Gasteiger partial charge in [-0.05, 0) is 76.9 Å². The van der Waals surface area contributed by atoms with Gasteiger partial charge in [0.2, 0.25) is 0 Å². The molecule has 4 aromatic rings. The van der Waals surface area contributed by atoms with Gasteiger partial charge in [0.15, 0.2) is 0 Å². The number of nitrogens with one attached hydrogen (secondary N) is 1. The van der Waals surface area contributed by atoms with Crippen LogP contribution in [0.25, 0.3) is 28.1 Å². The largest absolute Gasteiger partial charge is 0.478 e. The summed E-state index contributed by atoms with van der Waals surface area (Å²) in [4.78, 5) is 10.9. The monoisotopic (exact) mass is 481 g/mol. The van der Waals surface area contributed by atoms with Crippen molar-refractivity contribution in [2.24, 2.45) is 5.92 Å². The van der Waals surface area contributed by atoms with Crippen molar-refractivity contribution in [3.8, 4) is 6.07 Å². The fraction of sp³-hybridized carbons (Fsp3) is 0.138. The van der Waals surface area contributed by atoms with Crippen LogP contribution in [0.5, 0.6) is 0 Å². The molecule has 0 unspecified atom stereocenters. The third kappa shape index (κ3) is 4.29. The molecular weight excluding hydrogens is 460 g/mol. The number of halogens is 2. The summed E-state index contributed by atoms with van der Waals surface area (Å²) in [5.74, 6) is -1.93. The summed E-state index contributed by atoms with van der Waals surface area (Å²) in [5.41, 5.74) is 4.50. The molecule has 1 saturated carbocycles. The minimum atomic E-state index is -1.05. The standard InChI is InChI=1S/C29H21F2N3O2/c30-21-9-10-22(20(14-21)15-32)27(18-2-1-3-18)28(19-7-4-17(5-8-19)6-13-26(35)36)23-11-12-25-24(29(23)31)16-33-34-25/h4-14,16,18H,1-3H2,(H,33,34)(H,35,36). The molecule has 178 valence electrons. The summed E-state index contributed by atoms with van der Waals surface area (Å²) < 4.78 is 30.0. The van der Waals surface area contributed by atoms with E-state index in [0.717, 1.165) is 30.9 Å². The lowest BCUT2D eigenvalue weighted by atomic mass is 9.72. The molecule has 0 spiro atoms. The number of hydrogen-bond donors (Lipinski definition) is 2. The molecule has 0 saturated heterocycles. The van der Waals surface area contributed by atoms with E-state index in [0.29, 0.717) is 38.7 Å². The van der Waals surface area contributed by atoms with Crippen molar-refractivity contribution < 1.29 is 18.7 Å². The van der Waals surface area contributed by atoms with Crippen LogP contribution in [0.1, 0.15) is 47.1 Å². The molecule has 0 bridgehead atoms. The van der Waals surface area contributed by atoms with Crippen LogP contribution in [-0.4, -0.2) is 21.3 Å². The van der Waals surface area contributed by atoms with Gasteiger partial charge in [-0.2, -0.15) is 10.4 Å². The Labute approximate surface area is 206 Å². The number of carboxylic acids is 1. The molecule has 1 fully saturated rings. The second-order valence-electron chi connectivity index (χ2n) is 8.77. The molecule has 1 aliphatic carbocycles. The van der Waals surface area contributed by atoms with Crippen molar-refractivity contribution in [3.63, 3.8) is 0 Å². The highest BCUT2D eigenvalue weighted by molar-refractivity contribution is 6.02. The summed E-state index contributed by atoms with van der Waals surface area (Å²) in [5, 5.41) is 25.8. The predicted octanol–water partition coefficient (Wildman–Crippen LogP) is 6.57. The van der Waals surface area contributed by atoms with Crippen LogP contribution >= 0.6 is 0 Å². The number of aromatic nitrogens is 2. The van der Waals surface area contributed by atoms with Gasteiger partial charge in [-0.25, -0.2) is 13.6 Å². The average molecular weight is 482 g/mol. The quantitative estimate of drug-likeness (QED) is 0.241. The number of aliphatic carboxylic acids is 1. The summed E-state index contributed by atoms with van der Waals surface area (Å²) >= 11 is 0. The Bertz CT molecular complexity index is 1570. The van der Waals surface area contributed by atoms with Crippen molar-refractivity contribution >= 4 is 34.1 Å². The lowest BCUT2D eigenvalue weighted by Crippen LogP contribution is -2.16. The van der Waals surface area contributed by atoms with Crippen LogP contribution in [0.3, 0.4) is 0 Å². The second-order valence-corrected chi connectivity index (χ2v) is 8.77. The number of aromatic amines is 1. The number of benzene rings is 3. The SMILES string of the molecule is N#Cc1cc(F)ccc1C(=C(c1ccc(C=CC(=O)O)cc1)c1ccc2[nH]ncc2c1F)C1CCC1. The number of H-pyrrole nitrogens is 1. The van der Waals surface area contributed by atoms with Gasteiger partial charge in [-0.1, -0.05) is 36.8 Å². The van der Waals surface area contributed by atoms with Crippen molar-refractivity contribution in [1.82, 2.24) is 10.2 Å². The molecule has 36 heavy (non-hydrogen) atoms. The van der Waals surface area contributed by atoms with E-state index >= 15 is 4.39 Å². The van der Waals surface area contributed by atoms with Crippen LogP contribution in [0.4, 0.5) is 8.78 Å². The number of nitriles is 1. The van der Waals surface area contributed by atoms with Gasteiger partial charge in [0.25, 0.3) is 0 Å². The van der Waals surface area contributed by atoms with Crippen molar-refractivity contribution in [3.05, 3.63) is 106 Å². The topological polar surface area (TPSA) is 89.8 Å². The average Bonchev–Trinajstić information content (AvgIpc) is 3.33. The van der Waals surface area contributed by atoms with Crippen molar-refractivity contribution in [2.45, 2.75) is 19.3 Å². The van der Waals surface area contributed by atoms with Gasteiger partial charge in [-0.15, -0.1) is 0 Å². The van der Waals surface area contributed by atoms with E-state index in [4.69, 9.17) is 5.11 Å². The number of carbonyl (C=O) groups is 1. The molecule has 0 atom stereocenters.